The molecule has 12 aromatic carbocycles. The van der Waals surface area contributed by atoms with Gasteiger partial charge in [-0.25, -0.2) is 9.97 Å². The maximum atomic E-state index is 6.63. The second-order valence-corrected chi connectivity index (χ2v) is 25.9. The van der Waals surface area contributed by atoms with E-state index in [1.807, 2.05) is 24.3 Å². The third-order valence-electron chi connectivity index (χ3n) is 18.6. The highest BCUT2D eigenvalue weighted by molar-refractivity contribution is 7.21. The number of furan rings is 2. The van der Waals surface area contributed by atoms with Crippen LogP contribution in [0.2, 0.25) is 0 Å². The summed E-state index contributed by atoms with van der Waals surface area (Å²) in [6.45, 7) is 2.31. The molecule has 1 unspecified atom stereocenters. The zero-order valence-electron chi connectivity index (χ0n) is 48.9. The molecule has 16 aromatic rings. The fourth-order valence-corrected chi connectivity index (χ4v) is 16.2. The third-order valence-corrected chi connectivity index (χ3v) is 21.0. The molecule has 2 aliphatic rings. The molecule has 4 heterocycles. The van der Waals surface area contributed by atoms with Gasteiger partial charge in [0.25, 0.3) is 0 Å². The summed E-state index contributed by atoms with van der Waals surface area (Å²) in [5.74, 6) is 0. The van der Waals surface area contributed by atoms with E-state index in [0.29, 0.717) is 0 Å². The summed E-state index contributed by atoms with van der Waals surface area (Å²) in [6.07, 6.45) is 7.86. The molecule has 0 bridgehead atoms. The first-order chi connectivity index (χ1) is 44.4. The van der Waals surface area contributed by atoms with Crippen LogP contribution in [0.5, 0.6) is 0 Å². The SMILES string of the molecule is CC1(c2nc3ccccc3s2)C=CC(N(c2ccc3c(c2)C(c2ccccc2)(c2ccccc2)c2cc(-c4ccc(N(c5ccc(-c6nc7ccccc7s6)cc5)c5ccc6c(c5)oc5ccccc56)cc4)ccc2-3)c2ccc3c(c2)oc2ccccc23)=CC1. The highest BCUT2D eigenvalue weighted by Crippen LogP contribution is 2.58. The van der Waals surface area contributed by atoms with E-state index in [-0.39, 0.29) is 5.41 Å². The van der Waals surface area contributed by atoms with Crippen LogP contribution >= 0.6 is 22.7 Å². The normalized spacial score (nSPS) is 15.1. The Kier molecular flexibility index (Phi) is 12.0. The number of fused-ring (bicyclic) bond motifs is 11. The van der Waals surface area contributed by atoms with E-state index in [0.717, 1.165) is 122 Å². The summed E-state index contributed by atoms with van der Waals surface area (Å²) < 4.78 is 15.5. The minimum atomic E-state index is -0.695. The van der Waals surface area contributed by atoms with Gasteiger partial charge in [-0.05, 0) is 179 Å². The summed E-state index contributed by atoms with van der Waals surface area (Å²) >= 11 is 3.51. The number of aromatic nitrogens is 2. The number of rotatable bonds is 11. The summed E-state index contributed by atoms with van der Waals surface area (Å²) in [4.78, 5) is 14.9. The molecule has 0 N–H and O–H groups in total. The molecule has 0 amide bonds. The van der Waals surface area contributed by atoms with E-state index in [9.17, 15) is 0 Å². The largest absolute Gasteiger partial charge is 0.456 e. The van der Waals surface area contributed by atoms with Crippen molar-refractivity contribution < 1.29 is 8.83 Å². The van der Waals surface area contributed by atoms with Gasteiger partial charge in [0.2, 0.25) is 0 Å². The topological polar surface area (TPSA) is 58.5 Å². The molecule has 6 nitrogen and oxygen atoms in total. The molecule has 426 valence electrons. The van der Waals surface area contributed by atoms with Crippen molar-refractivity contribution in [3.8, 4) is 32.8 Å². The van der Waals surface area contributed by atoms with Crippen molar-refractivity contribution in [2.45, 2.75) is 24.2 Å². The molecule has 0 saturated carbocycles. The van der Waals surface area contributed by atoms with Crippen molar-refractivity contribution in [2.75, 3.05) is 9.80 Å². The number of allylic oxidation sites excluding steroid dienone is 3. The molecule has 0 saturated heterocycles. The van der Waals surface area contributed by atoms with Crippen molar-refractivity contribution in [3.05, 3.63) is 330 Å². The van der Waals surface area contributed by atoms with Crippen LogP contribution in [-0.2, 0) is 10.8 Å². The lowest BCUT2D eigenvalue weighted by Gasteiger charge is -2.36. The highest BCUT2D eigenvalue weighted by Gasteiger charge is 2.47. The lowest BCUT2D eigenvalue weighted by molar-refractivity contribution is 0.592. The zero-order valence-corrected chi connectivity index (χ0v) is 50.6. The van der Waals surface area contributed by atoms with Gasteiger partial charge in [-0.15, -0.1) is 22.7 Å². The summed E-state index contributed by atoms with van der Waals surface area (Å²) in [6, 6.07) is 101. The van der Waals surface area contributed by atoms with Gasteiger partial charge in [0.05, 0.1) is 25.8 Å². The predicted octanol–water partition coefficient (Wildman–Crippen LogP) is 22.8. The second-order valence-electron chi connectivity index (χ2n) is 23.9. The van der Waals surface area contributed by atoms with Crippen LogP contribution in [0.1, 0.15) is 40.6 Å². The van der Waals surface area contributed by atoms with Crippen molar-refractivity contribution in [3.63, 3.8) is 0 Å². The van der Waals surface area contributed by atoms with Gasteiger partial charge < -0.3 is 18.6 Å². The molecule has 4 aromatic heterocycles. The first-order valence-electron chi connectivity index (χ1n) is 30.6. The molecular weight excluding hydrogens is 1140 g/mol. The highest BCUT2D eigenvalue weighted by atomic mass is 32.1. The van der Waals surface area contributed by atoms with Crippen molar-refractivity contribution in [1.29, 1.82) is 0 Å². The average molecular weight is 1190 g/mol. The number of thiazole rings is 2. The Bertz CT molecular complexity index is 5460. The molecule has 8 heteroatoms. The third kappa shape index (κ3) is 8.36. The Balaban J connectivity index is 0.762. The van der Waals surface area contributed by atoms with Crippen LogP contribution in [0.15, 0.2) is 312 Å². The zero-order chi connectivity index (χ0) is 59.5. The lowest BCUT2D eigenvalue weighted by atomic mass is 9.67. The maximum Gasteiger partial charge on any atom is 0.137 e. The van der Waals surface area contributed by atoms with Crippen molar-refractivity contribution in [2.24, 2.45) is 0 Å². The molecule has 2 aliphatic carbocycles. The number of nitrogens with zero attached hydrogens (tertiary/aromatic N) is 4. The number of anilines is 5. The number of para-hydroxylation sites is 4. The summed E-state index contributed by atoms with van der Waals surface area (Å²) in [5.41, 5.74) is 21.4. The number of benzene rings is 12. The summed E-state index contributed by atoms with van der Waals surface area (Å²) in [7, 11) is 0. The minimum absolute atomic E-state index is 0.273. The van der Waals surface area contributed by atoms with Crippen molar-refractivity contribution in [1.82, 2.24) is 9.97 Å². The van der Waals surface area contributed by atoms with Gasteiger partial charge >= 0.3 is 0 Å². The Morgan fingerprint density at radius 2 is 0.867 bits per heavy atom. The Morgan fingerprint density at radius 1 is 0.389 bits per heavy atom. The predicted molar refractivity (Wildman–Crippen MR) is 374 cm³/mol. The molecule has 0 fully saturated rings. The van der Waals surface area contributed by atoms with Crippen LogP contribution in [0.3, 0.4) is 0 Å². The van der Waals surface area contributed by atoms with Gasteiger partial charge in [-0.1, -0.05) is 164 Å². The van der Waals surface area contributed by atoms with Gasteiger partial charge in [-0.3, -0.25) is 0 Å². The van der Waals surface area contributed by atoms with E-state index < -0.39 is 5.41 Å². The molecule has 18 rings (SSSR count). The summed E-state index contributed by atoms with van der Waals surface area (Å²) in [5, 5.41) is 6.52. The molecule has 1 atom stereocenters. The Labute approximate surface area is 527 Å². The van der Waals surface area contributed by atoms with Crippen LogP contribution in [0.4, 0.5) is 28.4 Å². The van der Waals surface area contributed by atoms with Gasteiger partial charge in [0.15, 0.2) is 0 Å². The van der Waals surface area contributed by atoms with Crippen molar-refractivity contribution >= 4 is 115 Å². The van der Waals surface area contributed by atoms with E-state index in [1.54, 1.807) is 22.7 Å². The van der Waals surface area contributed by atoms with Gasteiger partial charge in [0.1, 0.15) is 32.3 Å². The molecule has 0 spiro atoms. The smallest absolute Gasteiger partial charge is 0.137 e. The number of hydrogen-bond donors (Lipinski definition) is 0. The first kappa shape index (κ1) is 52.2. The standard InChI is InChI=1S/C82H54N4O2S2/c1-81(80-84-72-23-11-15-27-78(72)90-80)46-44-59(45-47-81)86(62-39-43-68-66-21-9-13-25-74(66)88-76(68)51-62)60-37-41-64-63-40-32-54(48-69(63)82(70(64)49-60,55-16-4-2-5-17-55)56-18-6-3-7-19-56)52-28-33-57(34-29-52)85(61-38-42-67-65-20-8-12-24-73(65)87-75(67)50-61)58-35-30-53(31-36-58)79-83-71-22-10-14-26-77(71)89-79/h2-46,48-51H,47H2,1H3. The molecule has 90 heavy (non-hydrogen) atoms. The van der Waals surface area contributed by atoms with E-state index in [4.69, 9.17) is 18.8 Å². The van der Waals surface area contributed by atoms with E-state index >= 15 is 0 Å². The minimum Gasteiger partial charge on any atom is -0.456 e. The van der Waals surface area contributed by atoms with E-state index in [1.165, 1.54) is 42.8 Å². The fraction of sp³-hybridized carbons (Fsp3) is 0.0488. The first-order valence-corrected chi connectivity index (χ1v) is 32.2. The average Bonchev–Trinajstić information content (AvgIpc) is 1.53. The van der Waals surface area contributed by atoms with Crippen LogP contribution in [-0.4, -0.2) is 9.97 Å². The Morgan fingerprint density at radius 3 is 1.47 bits per heavy atom. The lowest BCUT2D eigenvalue weighted by Crippen LogP contribution is -2.29. The second kappa shape index (κ2) is 20.6. The van der Waals surface area contributed by atoms with Gasteiger partial charge in [-0.2, -0.15) is 0 Å². The van der Waals surface area contributed by atoms with E-state index in [2.05, 4.69) is 290 Å². The van der Waals surface area contributed by atoms with Gasteiger partial charge in [0, 0.05) is 78.8 Å². The van der Waals surface area contributed by atoms with Crippen LogP contribution < -0.4 is 9.80 Å². The molecular formula is C82H54N4O2S2. The van der Waals surface area contributed by atoms with Crippen LogP contribution in [0, 0.1) is 0 Å². The number of hydrogen-bond acceptors (Lipinski definition) is 8. The molecule has 0 radical (unpaired) electrons. The molecule has 0 aliphatic heterocycles. The monoisotopic (exact) mass is 1190 g/mol. The Hall–Kier alpha value is -10.9. The fourth-order valence-electron chi connectivity index (χ4n) is 14.1. The maximum absolute atomic E-state index is 6.63. The quantitative estimate of drug-likeness (QED) is 0.129. The van der Waals surface area contributed by atoms with Crippen LogP contribution in [0.25, 0.3) is 97.1 Å².